The first kappa shape index (κ1) is 36.1. The highest BCUT2D eigenvalue weighted by Crippen LogP contribution is 2.30. The molecule has 2 aliphatic rings. The SMILES string of the molecule is CCNc1ccc(C2C=CC=C(c3ccc(OCc4ccc(COc5ccc(C6=CC=CC(c7ccc(NCC)cc7)C=C6)cc5)cc4)cc3)C=C2)cc1. The highest BCUT2D eigenvalue weighted by Gasteiger charge is 2.10. The molecule has 2 atom stereocenters. The molecule has 2 aliphatic carbocycles. The molecule has 0 aromatic heterocycles. The Morgan fingerprint density at radius 2 is 0.833 bits per heavy atom. The third-order valence-corrected chi connectivity index (χ3v) is 9.72. The van der Waals surface area contributed by atoms with Gasteiger partial charge in [0.05, 0.1) is 0 Å². The number of anilines is 2. The lowest BCUT2D eigenvalue weighted by Gasteiger charge is -2.11. The number of rotatable bonds is 14. The predicted octanol–water partition coefficient (Wildman–Crippen LogP) is 12.3. The minimum Gasteiger partial charge on any atom is -0.489 e. The van der Waals surface area contributed by atoms with Gasteiger partial charge in [-0.05, 0) is 107 Å². The second kappa shape index (κ2) is 18.0. The highest BCUT2D eigenvalue weighted by atomic mass is 16.5. The quantitative estimate of drug-likeness (QED) is 0.121. The molecule has 0 saturated heterocycles. The monoisotopic (exact) mass is 708 g/mol. The van der Waals surface area contributed by atoms with Crippen molar-refractivity contribution in [3.8, 4) is 11.5 Å². The lowest BCUT2D eigenvalue weighted by atomic mass is 9.97. The third kappa shape index (κ3) is 9.58. The van der Waals surface area contributed by atoms with E-state index in [0.29, 0.717) is 13.2 Å². The van der Waals surface area contributed by atoms with Gasteiger partial charge >= 0.3 is 0 Å². The summed E-state index contributed by atoms with van der Waals surface area (Å²) in [5.74, 6) is 2.20. The van der Waals surface area contributed by atoms with Crippen LogP contribution in [0.2, 0.25) is 0 Å². The van der Waals surface area contributed by atoms with Crippen LogP contribution < -0.4 is 20.1 Å². The van der Waals surface area contributed by atoms with E-state index in [2.05, 4.69) is 182 Å². The fourth-order valence-electron chi connectivity index (χ4n) is 6.65. The number of nitrogens with one attached hydrogen (secondary N) is 2. The Morgan fingerprint density at radius 1 is 0.444 bits per heavy atom. The van der Waals surface area contributed by atoms with Gasteiger partial charge in [0.25, 0.3) is 0 Å². The van der Waals surface area contributed by atoms with Crippen LogP contribution in [0.5, 0.6) is 11.5 Å². The molecular weight excluding hydrogens is 661 g/mol. The number of allylic oxidation sites excluding steroid dienone is 12. The fraction of sp³-hybridized carbons (Fsp3) is 0.160. The summed E-state index contributed by atoms with van der Waals surface area (Å²) in [7, 11) is 0. The van der Waals surface area contributed by atoms with Crippen molar-refractivity contribution < 1.29 is 9.47 Å². The van der Waals surface area contributed by atoms with Gasteiger partial charge in [-0.25, -0.2) is 0 Å². The van der Waals surface area contributed by atoms with Crippen LogP contribution >= 0.6 is 0 Å². The maximum atomic E-state index is 6.14. The van der Waals surface area contributed by atoms with E-state index < -0.39 is 0 Å². The zero-order chi connectivity index (χ0) is 37.0. The minimum absolute atomic E-state index is 0.249. The van der Waals surface area contributed by atoms with E-state index in [1.165, 1.54) is 22.3 Å². The number of hydrogen-bond donors (Lipinski definition) is 2. The summed E-state index contributed by atoms with van der Waals surface area (Å²) in [5, 5.41) is 6.73. The van der Waals surface area contributed by atoms with Crippen LogP contribution in [-0.2, 0) is 13.2 Å². The molecule has 0 amide bonds. The number of benzene rings is 5. The number of hydrogen-bond acceptors (Lipinski definition) is 4. The van der Waals surface area contributed by atoms with E-state index in [-0.39, 0.29) is 11.8 Å². The van der Waals surface area contributed by atoms with Crippen molar-refractivity contribution in [1.29, 1.82) is 0 Å². The van der Waals surface area contributed by atoms with Gasteiger partial charge in [0, 0.05) is 36.3 Å². The lowest BCUT2D eigenvalue weighted by molar-refractivity contribution is 0.302. The molecule has 2 unspecified atom stereocenters. The molecule has 0 radical (unpaired) electrons. The Hall–Kier alpha value is -6.26. The van der Waals surface area contributed by atoms with Crippen LogP contribution in [-0.4, -0.2) is 13.1 Å². The van der Waals surface area contributed by atoms with Crippen molar-refractivity contribution in [2.45, 2.75) is 38.9 Å². The van der Waals surface area contributed by atoms with E-state index in [9.17, 15) is 0 Å². The average molecular weight is 709 g/mol. The van der Waals surface area contributed by atoms with Gasteiger partial charge in [-0.2, -0.15) is 0 Å². The fourth-order valence-corrected chi connectivity index (χ4v) is 6.65. The zero-order valence-corrected chi connectivity index (χ0v) is 31.1. The van der Waals surface area contributed by atoms with E-state index in [1.807, 2.05) is 24.3 Å². The van der Waals surface area contributed by atoms with Gasteiger partial charge in [-0.3, -0.25) is 0 Å². The second-order valence-corrected chi connectivity index (χ2v) is 13.5. The van der Waals surface area contributed by atoms with Crippen molar-refractivity contribution in [2.75, 3.05) is 23.7 Å². The summed E-state index contributed by atoms with van der Waals surface area (Å²) in [4.78, 5) is 0. The van der Waals surface area contributed by atoms with E-state index in [4.69, 9.17) is 9.47 Å². The first-order valence-corrected chi connectivity index (χ1v) is 19.0. The smallest absolute Gasteiger partial charge is 0.119 e. The Balaban J connectivity index is 0.862. The second-order valence-electron chi connectivity index (χ2n) is 13.5. The molecular formula is C50H48N2O2. The van der Waals surface area contributed by atoms with Crippen molar-refractivity contribution in [1.82, 2.24) is 0 Å². The molecule has 0 heterocycles. The van der Waals surface area contributed by atoms with Crippen molar-refractivity contribution in [3.05, 3.63) is 215 Å². The van der Waals surface area contributed by atoms with Crippen molar-refractivity contribution in [3.63, 3.8) is 0 Å². The Kier molecular flexibility index (Phi) is 12.0. The molecule has 5 aromatic rings. The molecule has 0 aliphatic heterocycles. The topological polar surface area (TPSA) is 42.5 Å². The largest absolute Gasteiger partial charge is 0.489 e. The molecule has 0 saturated carbocycles. The first-order valence-electron chi connectivity index (χ1n) is 19.0. The van der Waals surface area contributed by atoms with Gasteiger partial charge < -0.3 is 20.1 Å². The molecule has 0 bridgehead atoms. The molecule has 2 N–H and O–H groups in total. The van der Waals surface area contributed by atoms with Gasteiger partial charge in [0.1, 0.15) is 24.7 Å². The normalized spacial score (nSPS) is 16.2. The molecule has 4 heteroatoms. The maximum absolute atomic E-state index is 6.14. The van der Waals surface area contributed by atoms with Crippen molar-refractivity contribution in [2.24, 2.45) is 0 Å². The zero-order valence-electron chi connectivity index (χ0n) is 31.1. The summed E-state index contributed by atoms with van der Waals surface area (Å²) < 4.78 is 12.3. The summed E-state index contributed by atoms with van der Waals surface area (Å²) in [6.07, 6.45) is 22.1. The molecule has 0 fully saturated rings. The Labute approximate surface area is 320 Å². The standard InChI is InChI=1S/C50H48N2O2/c1-3-51-47-27-19-43(20-28-47)39-7-5-9-41(17-15-39)45-23-31-49(32-24-45)53-35-37-11-13-38(14-12-37)36-54-50-33-25-46(26-34-50)42-10-6-8-40(16-18-42)44-21-29-48(30-22-44)52-4-2/h5-34,39-40,51-52H,3-4,35-36H2,1-2H3. The molecule has 5 aromatic carbocycles. The summed E-state index contributed by atoms with van der Waals surface area (Å²) in [5.41, 5.74) is 11.8. The maximum Gasteiger partial charge on any atom is 0.119 e. The average Bonchev–Trinajstić information content (AvgIpc) is 3.63. The Morgan fingerprint density at radius 3 is 1.20 bits per heavy atom. The van der Waals surface area contributed by atoms with Crippen LogP contribution in [0.1, 0.15) is 59.1 Å². The van der Waals surface area contributed by atoms with E-state index in [1.54, 1.807) is 0 Å². The van der Waals surface area contributed by atoms with E-state index >= 15 is 0 Å². The molecule has 270 valence electrons. The predicted molar refractivity (Wildman–Crippen MR) is 227 cm³/mol. The van der Waals surface area contributed by atoms with Crippen LogP contribution in [0.3, 0.4) is 0 Å². The van der Waals surface area contributed by atoms with Gasteiger partial charge in [-0.1, -0.05) is 134 Å². The molecule has 54 heavy (non-hydrogen) atoms. The van der Waals surface area contributed by atoms with Crippen molar-refractivity contribution >= 4 is 22.5 Å². The van der Waals surface area contributed by atoms with Gasteiger partial charge in [-0.15, -0.1) is 0 Å². The summed E-state index contributed by atoms with van der Waals surface area (Å²) >= 11 is 0. The van der Waals surface area contributed by atoms with Gasteiger partial charge in [0.2, 0.25) is 0 Å². The molecule has 7 rings (SSSR count). The van der Waals surface area contributed by atoms with Gasteiger partial charge in [0.15, 0.2) is 0 Å². The minimum atomic E-state index is 0.249. The first-order chi connectivity index (χ1) is 26.6. The lowest BCUT2D eigenvalue weighted by Crippen LogP contribution is -1.98. The Bertz CT molecular complexity index is 1990. The molecule has 4 nitrogen and oxygen atoms in total. The molecule has 0 spiro atoms. The highest BCUT2D eigenvalue weighted by molar-refractivity contribution is 5.77. The van der Waals surface area contributed by atoms with Crippen LogP contribution in [0.15, 0.2) is 182 Å². The summed E-state index contributed by atoms with van der Waals surface area (Å²) in [6.45, 7) is 7.08. The summed E-state index contributed by atoms with van der Waals surface area (Å²) in [6, 6.07) is 42.5. The third-order valence-electron chi connectivity index (χ3n) is 9.72. The van der Waals surface area contributed by atoms with Crippen LogP contribution in [0.4, 0.5) is 11.4 Å². The number of ether oxygens (including phenoxy) is 2. The van der Waals surface area contributed by atoms with Crippen LogP contribution in [0.25, 0.3) is 11.1 Å². The van der Waals surface area contributed by atoms with E-state index in [0.717, 1.165) is 58.2 Å². The van der Waals surface area contributed by atoms with Crippen LogP contribution in [0, 0.1) is 0 Å².